The number of hydrogen-bond acceptors (Lipinski definition) is 2. The van der Waals surface area contributed by atoms with Crippen LogP contribution in [0.1, 0.15) is 11.1 Å². The highest BCUT2D eigenvalue weighted by atomic mass is 32.2. The first kappa shape index (κ1) is 13.8. The average Bonchev–Trinajstić information content (AvgIpc) is 3.08. The minimum atomic E-state index is -3.69. The summed E-state index contributed by atoms with van der Waals surface area (Å²) in [5.74, 6) is 0.705. The van der Waals surface area contributed by atoms with Crippen LogP contribution in [0, 0.1) is 13.8 Å². The molecule has 24 heavy (non-hydrogen) atoms. The van der Waals surface area contributed by atoms with Gasteiger partial charge in [0.15, 0.2) is 0 Å². The summed E-state index contributed by atoms with van der Waals surface area (Å²) in [6, 6.07) is 9.79. The van der Waals surface area contributed by atoms with Crippen LogP contribution >= 0.6 is 0 Å². The predicted molar refractivity (Wildman–Crippen MR) is 93.2 cm³/mol. The van der Waals surface area contributed by atoms with Gasteiger partial charge in [0.05, 0.1) is 23.6 Å². The molecule has 2 aromatic carbocycles. The molecule has 3 heterocycles. The van der Waals surface area contributed by atoms with E-state index in [1.165, 1.54) is 7.94 Å². The number of benzene rings is 2. The molecule has 1 aliphatic heterocycles. The third kappa shape index (κ3) is 1.36. The van der Waals surface area contributed by atoms with E-state index in [1.54, 1.807) is 12.4 Å². The minimum Gasteiger partial charge on any atom is -0.232 e. The zero-order valence-corrected chi connectivity index (χ0v) is 14.4. The minimum absolute atomic E-state index is 0.705. The lowest BCUT2D eigenvalue weighted by Crippen LogP contribution is -2.35. The number of nitrogens with zero attached hydrogens (tertiary/aromatic N) is 3. The molecule has 0 aliphatic carbocycles. The van der Waals surface area contributed by atoms with Gasteiger partial charge in [-0.1, -0.05) is 18.2 Å². The fourth-order valence-electron chi connectivity index (χ4n) is 3.85. The van der Waals surface area contributed by atoms with Crippen molar-refractivity contribution in [3.05, 3.63) is 53.9 Å². The Morgan fingerprint density at radius 1 is 1.08 bits per heavy atom. The largest absolute Gasteiger partial charge is 0.408 e. The first-order valence-electron chi connectivity index (χ1n) is 7.79. The second-order valence-corrected chi connectivity index (χ2v) is 8.06. The Bertz CT molecular complexity index is 1290. The zero-order valence-electron chi connectivity index (χ0n) is 13.6. The molecular weight excluding hydrogens is 322 g/mol. The van der Waals surface area contributed by atoms with Crippen molar-refractivity contribution in [2.45, 2.75) is 13.8 Å². The van der Waals surface area contributed by atoms with E-state index in [4.69, 9.17) is 0 Å². The smallest absolute Gasteiger partial charge is 0.232 e. The second-order valence-electron chi connectivity index (χ2n) is 6.41. The van der Waals surface area contributed by atoms with E-state index < -0.39 is 10.2 Å². The molecule has 0 saturated heterocycles. The number of fused-ring (bicyclic) bond motifs is 5. The molecule has 0 spiro atoms. The molecule has 6 heteroatoms. The summed E-state index contributed by atoms with van der Waals surface area (Å²) in [5.41, 5.74) is 4.76. The van der Waals surface area contributed by atoms with E-state index in [0.717, 1.165) is 38.5 Å². The predicted octanol–water partition coefficient (Wildman–Crippen LogP) is 2.66. The molecule has 0 radical (unpaired) electrons. The van der Waals surface area contributed by atoms with E-state index >= 15 is 0 Å². The van der Waals surface area contributed by atoms with Crippen LogP contribution in [0.3, 0.4) is 0 Å². The van der Waals surface area contributed by atoms with Crippen LogP contribution < -0.4 is 4.57 Å². The number of aryl methyl sites for hydroxylation is 2. The van der Waals surface area contributed by atoms with Gasteiger partial charge in [-0.2, -0.15) is 8.42 Å². The van der Waals surface area contributed by atoms with Crippen molar-refractivity contribution in [1.29, 1.82) is 0 Å². The van der Waals surface area contributed by atoms with Gasteiger partial charge in [0, 0.05) is 10.8 Å². The zero-order chi connectivity index (χ0) is 16.8. The lowest BCUT2D eigenvalue weighted by Gasteiger charge is -2.17. The van der Waals surface area contributed by atoms with Crippen molar-refractivity contribution in [2.75, 3.05) is 0 Å². The van der Waals surface area contributed by atoms with Gasteiger partial charge in [0.2, 0.25) is 0 Å². The van der Waals surface area contributed by atoms with Gasteiger partial charge in [-0.25, -0.2) is 8.54 Å². The fraction of sp³-hybridized carbons (Fsp3) is 0.167. The molecule has 0 atom stereocenters. The van der Waals surface area contributed by atoms with Crippen LogP contribution in [0.5, 0.6) is 0 Å². The van der Waals surface area contributed by atoms with Gasteiger partial charge >= 0.3 is 16.0 Å². The van der Waals surface area contributed by atoms with Crippen molar-refractivity contribution in [1.82, 2.24) is 7.94 Å². The molecule has 0 amide bonds. The maximum atomic E-state index is 13.3. The molecule has 0 N–H and O–H groups in total. The number of imidazole rings is 1. The number of rotatable bonds is 0. The first-order valence-corrected chi connectivity index (χ1v) is 9.19. The van der Waals surface area contributed by atoms with Gasteiger partial charge in [0.1, 0.15) is 12.4 Å². The standard InChI is InChI=1S/C18H16N3O2S/c1-11-10-14-13-6-4-5-7-15(13)21-17(14)16(12(11)2)18-19(3)8-9-20(18)24(21,22)23/h4-10H,1-3H3/q+1. The van der Waals surface area contributed by atoms with E-state index in [0.29, 0.717) is 5.82 Å². The van der Waals surface area contributed by atoms with Crippen molar-refractivity contribution >= 4 is 32.0 Å². The van der Waals surface area contributed by atoms with Crippen LogP contribution in [0.15, 0.2) is 42.7 Å². The molecule has 120 valence electrons. The Kier molecular flexibility index (Phi) is 2.34. The van der Waals surface area contributed by atoms with Gasteiger partial charge in [-0.15, -0.1) is 3.97 Å². The van der Waals surface area contributed by atoms with Gasteiger partial charge < -0.3 is 0 Å². The Morgan fingerprint density at radius 2 is 1.83 bits per heavy atom. The van der Waals surface area contributed by atoms with E-state index in [-0.39, 0.29) is 0 Å². The lowest BCUT2D eigenvalue weighted by atomic mass is 9.98. The lowest BCUT2D eigenvalue weighted by molar-refractivity contribution is -0.659. The summed E-state index contributed by atoms with van der Waals surface area (Å²) >= 11 is 0. The third-order valence-electron chi connectivity index (χ3n) is 5.11. The highest BCUT2D eigenvalue weighted by Gasteiger charge is 2.40. The van der Waals surface area contributed by atoms with Crippen molar-refractivity contribution < 1.29 is 13.0 Å². The van der Waals surface area contributed by atoms with Gasteiger partial charge in [0.25, 0.3) is 0 Å². The maximum absolute atomic E-state index is 13.3. The quantitative estimate of drug-likeness (QED) is 0.408. The van der Waals surface area contributed by atoms with E-state index in [9.17, 15) is 8.42 Å². The summed E-state index contributed by atoms with van der Waals surface area (Å²) < 4.78 is 31.3. The molecule has 0 saturated carbocycles. The number of para-hydroxylation sites is 1. The molecule has 2 aromatic heterocycles. The summed E-state index contributed by atoms with van der Waals surface area (Å²) in [4.78, 5) is 0. The summed E-state index contributed by atoms with van der Waals surface area (Å²) in [5, 5.41) is 1.95. The third-order valence-corrected chi connectivity index (χ3v) is 6.74. The Labute approximate surface area is 139 Å². The second kappa shape index (κ2) is 4.08. The highest BCUT2D eigenvalue weighted by molar-refractivity contribution is 7.89. The van der Waals surface area contributed by atoms with Crippen molar-refractivity contribution in [2.24, 2.45) is 7.05 Å². The molecule has 0 unspecified atom stereocenters. The van der Waals surface area contributed by atoms with Gasteiger partial charge in [-0.05, 0) is 37.1 Å². The van der Waals surface area contributed by atoms with E-state index in [2.05, 4.69) is 19.9 Å². The normalized spacial score (nSPS) is 15.1. The van der Waals surface area contributed by atoms with Crippen LogP contribution in [-0.4, -0.2) is 16.4 Å². The topological polar surface area (TPSA) is 47.9 Å². The molecule has 0 fully saturated rings. The molecule has 1 aliphatic rings. The van der Waals surface area contributed by atoms with Crippen LogP contribution in [-0.2, 0) is 17.3 Å². The maximum Gasteiger partial charge on any atom is 0.408 e. The molecule has 5 rings (SSSR count). The highest BCUT2D eigenvalue weighted by Crippen LogP contribution is 2.42. The summed E-state index contributed by atoms with van der Waals surface area (Å²) in [6.07, 6.45) is 3.41. The van der Waals surface area contributed by atoms with E-state index in [1.807, 2.05) is 35.9 Å². The fourth-order valence-corrected chi connectivity index (χ4v) is 5.50. The average molecular weight is 338 g/mol. The number of hydrogen-bond donors (Lipinski definition) is 0. The Hall–Kier alpha value is -2.60. The van der Waals surface area contributed by atoms with Crippen LogP contribution in [0.25, 0.3) is 33.2 Å². The Morgan fingerprint density at radius 3 is 2.62 bits per heavy atom. The van der Waals surface area contributed by atoms with Crippen LogP contribution in [0.4, 0.5) is 0 Å². The SMILES string of the molecule is Cc1cc2c3ccccc3n3c2c(c1C)-c1n(cc[n+]1C)S3(=O)=O. The number of aromatic nitrogens is 3. The first-order chi connectivity index (χ1) is 11.4. The monoisotopic (exact) mass is 338 g/mol. The summed E-state index contributed by atoms with van der Waals surface area (Å²) in [6.45, 7) is 4.13. The van der Waals surface area contributed by atoms with Crippen LogP contribution in [0.2, 0.25) is 0 Å². The van der Waals surface area contributed by atoms with Gasteiger partial charge in [-0.3, -0.25) is 0 Å². The molecular formula is C18H16N3O2S+. The molecule has 4 aromatic rings. The Balaban J connectivity index is 2.23. The molecule has 0 bridgehead atoms. The summed E-state index contributed by atoms with van der Waals surface area (Å²) in [7, 11) is -1.81. The molecule has 5 nitrogen and oxygen atoms in total. The van der Waals surface area contributed by atoms with Crippen molar-refractivity contribution in [3.8, 4) is 11.4 Å². The van der Waals surface area contributed by atoms with Crippen molar-refractivity contribution in [3.63, 3.8) is 0 Å².